The van der Waals surface area contributed by atoms with Crippen LogP contribution in [0.2, 0.25) is 0 Å². The molecule has 0 aliphatic carbocycles. The first kappa shape index (κ1) is 15.8. The van der Waals surface area contributed by atoms with Gasteiger partial charge in [0, 0.05) is 19.6 Å². The molecule has 0 aromatic carbocycles. The van der Waals surface area contributed by atoms with Crippen molar-refractivity contribution in [1.82, 2.24) is 10.2 Å². The molecular weight excluding hydrogens is 244 g/mol. The molecule has 2 amide bonds. The minimum absolute atomic E-state index is 0.141. The number of carbonyl (C=O) groups excluding carboxylic acids is 1. The van der Waals surface area contributed by atoms with E-state index in [9.17, 15) is 9.59 Å². The van der Waals surface area contributed by atoms with Crippen LogP contribution in [0.3, 0.4) is 0 Å². The highest BCUT2D eigenvalue weighted by Gasteiger charge is 2.37. The van der Waals surface area contributed by atoms with Crippen LogP contribution < -0.4 is 5.32 Å². The number of hydrogen-bond donors (Lipinski definition) is 2. The van der Waals surface area contributed by atoms with Crippen molar-refractivity contribution in [2.75, 3.05) is 19.6 Å². The van der Waals surface area contributed by atoms with E-state index in [2.05, 4.69) is 19.2 Å². The van der Waals surface area contributed by atoms with Crippen molar-refractivity contribution >= 4 is 12.0 Å². The summed E-state index contributed by atoms with van der Waals surface area (Å²) in [5.74, 6) is -0.898. The maximum Gasteiger partial charge on any atom is 0.317 e. The Morgan fingerprint density at radius 3 is 2.32 bits per heavy atom. The second kappa shape index (κ2) is 5.80. The lowest BCUT2D eigenvalue weighted by molar-refractivity contribution is -0.146. The fourth-order valence-electron chi connectivity index (χ4n) is 2.42. The number of carboxylic acids is 1. The van der Waals surface area contributed by atoms with Gasteiger partial charge in [-0.1, -0.05) is 13.8 Å². The van der Waals surface area contributed by atoms with Gasteiger partial charge in [-0.15, -0.1) is 0 Å². The molecule has 0 bridgehead atoms. The highest BCUT2D eigenvalue weighted by atomic mass is 16.4. The number of aliphatic carboxylic acids is 1. The lowest BCUT2D eigenvalue weighted by atomic mass is 9.82. The van der Waals surface area contributed by atoms with Gasteiger partial charge in [-0.25, -0.2) is 4.79 Å². The maximum atomic E-state index is 12.1. The standard InChI is InChI=1S/C14H26N2O3/c1-5-14(6-2)7-8-16(10-14)12(19)15-9-13(3,4)11(17)18/h5-10H2,1-4H3,(H,15,19)(H,17,18). The quantitative estimate of drug-likeness (QED) is 0.805. The third kappa shape index (κ3) is 3.61. The molecule has 5 nitrogen and oxygen atoms in total. The first-order valence-electron chi connectivity index (χ1n) is 7.02. The van der Waals surface area contributed by atoms with Crippen LogP contribution in [0.15, 0.2) is 0 Å². The molecule has 0 spiro atoms. The lowest BCUT2D eigenvalue weighted by Crippen LogP contribution is -2.45. The summed E-state index contributed by atoms with van der Waals surface area (Å²) in [7, 11) is 0. The second-order valence-corrected chi connectivity index (χ2v) is 6.23. The van der Waals surface area contributed by atoms with Crippen molar-refractivity contribution in [1.29, 1.82) is 0 Å². The number of carboxylic acid groups (broad SMARTS) is 1. The minimum atomic E-state index is -0.929. The van der Waals surface area contributed by atoms with Crippen LogP contribution >= 0.6 is 0 Å². The van der Waals surface area contributed by atoms with E-state index in [1.807, 2.05) is 4.90 Å². The molecule has 110 valence electrons. The van der Waals surface area contributed by atoms with Crippen molar-refractivity contribution in [3.63, 3.8) is 0 Å². The molecular formula is C14H26N2O3. The van der Waals surface area contributed by atoms with Crippen LogP contribution in [0.1, 0.15) is 47.0 Å². The van der Waals surface area contributed by atoms with E-state index in [0.717, 1.165) is 32.4 Å². The van der Waals surface area contributed by atoms with E-state index in [-0.39, 0.29) is 18.0 Å². The van der Waals surface area contributed by atoms with Crippen LogP contribution in [-0.2, 0) is 4.79 Å². The molecule has 19 heavy (non-hydrogen) atoms. The van der Waals surface area contributed by atoms with Gasteiger partial charge in [-0.05, 0) is 38.5 Å². The van der Waals surface area contributed by atoms with E-state index < -0.39 is 11.4 Å². The lowest BCUT2D eigenvalue weighted by Gasteiger charge is -2.27. The summed E-state index contributed by atoms with van der Waals surface area (Å²) in [5, 5.41) is 11.8. The Morgan fingerprint density at radius 1 is 1.32 bits per heavy atom. The van der Waals surface area contributed by atoms with Crippen LogP contribution in [0, 0.1) is 10.8 Å². The Labute approximate surface area is 115 Å². The summed E-state index contributed by atoms with van der Waals surface area (Å²) in [6, 6.07) is -0.141. The van der Waals surface area contributed by atoms with Gasteiger partial charge in [0.25, 0.3) is 0 Å². The van der Waals surface area contributed by atoms with Gasteiger partial charge in [0.05, 0.1) is 5.41 Å². The number of nitrogens with one attached hydrogen (secondary N) is 1. The summed E-state index contributed by atoms with van der Waals surface area (Å²) in [4.78, 5) is 24.9. The normalized spacial score (nSPS) is 18.4. The fraction of sp³-hybridized carbons (Fsp3) is 0.857. The average molecular weight is 270 g/mol. The molecule has 1 rings (SSSR count). The zero-order valence-electron chi connectivity index (χ0n) is 12.5. The van der Waals surface area contributed by atoms with Crippen LogP contribution in [0.5, 0.6) is 0 Å². The van der Waals surface area contributed by atoms with Crippen molar-refractivity contribution in [3.8, 4) is 0 Å². The van der Waals surface area contributed by atoms with Gasteiger partial charge in [-0.2, -0.15) is 0 Å². The number of rotatable bonds is 5. The summed E-state index contributed by atoms with van der Waals surface area (Å²) in [5.41, 5.74) is -0.679. The Kier molecular flexibility index (Phi) is 4.82. The average Bonchev–Trinajstić information content (AvgIpc) is 2.81. The topological polar surface area (TPSA) is 69.6 Å². The molecule has 1 heterocycles. The van der Waals surface area contributed by atoms with Crippen molar-refractivity contribution in [2.24, 2.45) is 10.8 Å². The zero-order valence-corrected chi connectivity index (χ0v) is 12.5. The van der Waals surface area contributed by atoms with Crippen molar-refractivity contribution in [2.45, 2.75) is 47.0 Å². The molecule has 0 atom stereocenters. The Morgan fingerprint density at radius 2 is 1.89 bits per heavy atom. The predicted molar refractivity (Wildman–Crippen MR) is 74.0 cm³/mol. The van der Waals surface area contributed by atoms with E-state index in [1.54, 1.807) is 13.8 Å². The molecule has 0 aromatic heterocycles. The van der Waals surface area contributed by atoms with Gasteiger partial charge in [0.15, 0.2) is 0 Å². The number of urea groups is 1. The van der Waals surface area contributed by atoms with Gasteiger partial charge in [0.1, 0.15) is 0 Å². The Balaban J connectivity index is 2.51. The molecule has 1 aliphatic heterocycles. The predicted octanol–water partition coefficient (Wildman–Crippen LogP) is 2.32. The van der Waals surface area contributed by atoms with Crippen molar-refractivity contribution < 1.29 is 14.7 Å². The monoisotopic (exact) mass is 270 g/mol. The highest BCUT2D eigenvalue weighted by Crippen LogP contribution is 2.36. The molecule has 1 fully saturated rings. The molecule has 2 N–H and O–H groups in total. The van der Waals surface area contributed by atoms with Crippen LogP contribution in [0.4, 0.5) is 4.79 Å². The second-order valence-electron chi connectivity index (χ2n) is 6.23. The molecule has 5 heteroatoms. The first-order valence-corrected chi connectivity index (χ1v) is 7.02. The third-order valence-electron chi connectivity index (χ3n) is 4.49. The number of nitrogens with zero attached hydrogens (tertiary/aromatic N) is 1. The van der Waals surface area contributed by atoms with E-state index in [0.29, 0.717) is 0 Å². The van der Waals surface area contributed by atoms with Gasteiger partial charge >= 0.3 is 12.0 Å². The van der Waals surface area contributed by atoms with Crippen LogP contribution in [0.25, 0.3) is 0 Å². The van der Waals surface area contributed by atoms with Gasteiger partial charge in [0.2, 0.25) is 0 Å². The van der Waals surface area contributed by atoms with Gasteiger partial charge in [-0.3, -0.25) is 4.79 Å². The van der Waals surface area contributed by atoms with Crippen LogP contribution in [-0.4, -0.2) is 41.6 Å². The number of hydrogen-bond acceptors (Lipinski definition) is 2. The molecule has 0 unspecified atom stereocenters. The fourth-order valence-corrected chi connectivity index (χ4v) is 2.42. The number of amides is 2. The summed E-state index contributed by atoms with van der Waals surface area (Å²) in [6.07, 6.45) is 3.19. The summed E-state index contributed by atoms with van der Waals surface area (Å²) < 4.78 is 0. The largest absolute Gasteiger partial charge is 0.481 e. The first-order chi connectivity index (χ1) is 8.76. The van der Waals surface area contributed by atoms with Crippen molar-refractivity contribution in [3.05, 3.63) is 0 Å². The Bertz CT molecular complexity index is 349. The smallest absolute Gasteiger partial charge is 0.317 e. The number of likely N-dealkylation sites (tertiary alicyclic amines) is 1. The number of carbonyl (C=O) groups is 2. The van der Waals surface area contributed by atoms with E-state index in [4.69, 9.17) is 5.11 Å². The van der Waals surface area contributed by atoms with Gasteiger partial charge < -0.3 is 15.3 Å². The highest BCUT2D eigenvalue weighted by molar-refractivity contribution is 5.77. The Hall–Kier alpha value is -1.26. The molecule has 0 radical (unpaired) electrons. The zero-order chi connectivity index (χ0) is 14.7. The van der Waals surface area contributed by atoms with E-state index >= 15 is 0 Å². The summed E-state index contributed by atoms with van der Waals surface area (Å²) >= 11 is 0. The third-order valence-corrected chi connectivity index (χ3v) is 4.49. The van der Waals surface area contributed by atoms with E-state index in [1.165, 1.54) is 0 Å². The summed E-state index contributed by atoms with van der Waals surface area (Å²) in [6.45, 7) is 9.25. The SMILES string of the molecule is CCC1(CC)CCN(C(=O)NCC(C)(C)C(=O)O)C1. The molecule has 1 aliphatic rings. The molecule has 1 saturated heterocycles. The molecule has 0 aromatic rings. The maximum absolute atomic E-state index is 12.1. The minimum Gasteiger partial charge on any atom is -0.481 e. The molecule has 0 saturated carbocycles.